The number of hydrogen-bond acceptors (Lipinski definition) is 3. The third-order valence-corrected chi connectivity index (χ3v) is 5.65. The SMILES string of the molecule is CC1CCC2(CC1)NC(=O)N(CC(=O)NC1CCCCC1)C2=O. The highest BCUT2D eigenvalue weighted by Crippen LogP contribution is 2.36. The minimum absolute atomic E-state index is 0.154. The van der Waals surface area contributed by atoms with Crippen LogP contribution in [0.5, 0.6) is 0 Å². The topological polar surface area (TPSA) is 78.5 Å². The summed E-state index contributed by atoms with van der Waals surface area (Å²) in [6.07, 6.45) is 8.72. The summed E-state index contributed by atoms with van der Waals surface area (Å²) >= 11 is 0. The number of imide groups is 1. The van der Waals surface area contributed by atoms with Crippen LogP contribution >= 0.6 is 0 Å². The fraction of sp³-hybridized carbons (Fsp3) is 0.824. The molecule has 2 aliphatic carbocycles. The molecule has 2 N–H and O–H groups in total. The van der Waals surface area contributed by atoms with E-state index in [0.717, 1.165) is 43.4 Å². The molecule has 3 rings (SSSR count). The van der Waals surface area contributed by atoms with E-state index >= 15 is 0 Å². The molecule has 1 saturated heterocycles. The summed E-state index contributed by atoms with van der Waals surface area (Å²) in [5, 5.41) is 5.83. The van der Waals surface area contributed by atoms with Gasteiger partial charge in [0.2, 0.25) is 5.91 Å². The Kier molecular flexibility index (Phi) is 4.60. The molecule has 0 radical (unpaired) electrons. The second-order valence-corrected chi connectivity index (χ2v) is 7.49. The maximum atomic E-state index is 12.7. The van der Waals surface area contributed by atoms with Gasteiger partial charge in [-0.05, 0) is 44.4 Å². The second kappa shape index (κ2) is 6.49. The van der Waals surface area contributed by atoms with Crippen LogP contribution in [0.1, 0.15) is 64.7 Å². The monoisotopic (exact) mass is 321 g/mol. The number of carbonyl (C=O) groups excluding carboxylic acids is 3. The van der Waals surface area contributed by atoms with Crippen molar-refractivity contribution in [2.45, 2.75) is 76.3 Å². The van der Waals surface area contributed by atoms with Gasteiger partial charge in [-0.15, -0.1) is 0 Å². The average molecular weight is 321 g/mol. The van der Waals surface area contributed by atoms with Gasteiger partial charge in [0.05, 0.1) is 0 Å². The van der Waals surface area contributed by atoms with Crippen molar-refractivity contribution in [3.63, 3.8) is 0 Å². The van der Waals surface area contributed by atoms with Gasteiger partial charge in [-0.2, -0.15) is 0 Å². The number of carbonyl (C=O) groups is 3. The molecule has 0 unspecified atom stereocenters. The minimum atomic E-state index is -0.755. The lowest BCUT2D eigenvalue weighted by molar-refractivity contribution is -0.136. The number of rotatable bonds is 3. The van der Waals surface area contributed by atoms with Crippen LogP contribution in [0.25, 0.3) is 0 Å². The lowest BCUT2D eigenvalue weighted by Gasteiger charge is -2.33. The summed E-state index contributed by atoms with van der Waals surface area (Å²) < 4.78 is 0. The fourth-order valence-electron chi connectivity index (χ4n) is 4.08. The van der Waals surface area contributed by atoms with Gasteiger partial charge in [0.1, 0.15) is 12.1 Å². The summed E-state index contributed by atoms with van der Waals surface area (Å²) in [4.78, 5) is 38.2. The number of amides is 4. The van der Waals surface area contributed by atoms with E-state index in [1.54, 1.807) is 0 Å². The zero-order chi connectivity index (χ0) is 16.4. The zero-order valence-electron chi connectivity index (χ0n) is 13.9. The molecule has 128 valence electrons. The highest BCUT2D eigenvalue weighted by atomic mass is 16.2. The highest BCUT2D eigenvalue weighted by molar-refractivity contribution is 6.09. The summed E-state index contributed by atoms with van der Waals surface area (Å²) in [7, 11) is 0. The van der Waals surface area contributed by atoms with E-state index in [-0.39, 0.29) is 24.4 Å². The first kappa shape index (κ1) is 16.3. The molecule has 1 heterocycles. The van der Waals surface area contributed by atoms with Crippen LogP contribution in [-0.4, -0.2) is 40.9 Å². The molecule has 3 fully saturated rings. The summed E-state index contributed by atoms with van der Waals surface area (Å²) in [6.45, 7) is 2.02. The maximum Gasteiger partial charge on any atom is 0.325 e. The molecule has 1 spiro atoms. The molecule has 1 aliphatic heterocycles. The lowest BCUT2D eigenvalue weighted by atomic mass is 9.77. The van der Waals surface area contributed by atoms with Crippen molar-refractivity contribution in [1.29, 1.82) is 0 Å². The van der Waals surface area contributed by atoms with E-state index in [2.05, 4.69) is 17.6 Å². The Hall–Kier alpha value is -1.59. The van der Waals surface area contributed by atoms with Crippen molar-refractivity contribution in [1.82, 2.24) is 15.5 Å². The van der Waals surface area contributed by atoms with Gasteiger partial charge in [0.15, 0.2) is 0 Å². The lowest BCUT2D eigenvalue weighted by Crippen LogP contribution is -2.50. The van der Waals surface area contributed by atoms with Gasteiger partial charge in [-0.25, -0.2) is 4.79 Å². The highest BCUT2D eigenvalue weighted by Gasteiger charge is 2.52. The van der Waals surface area contributed by atoms with E-state index in [1.807, 2.05) is 0 Å². The number of nitrogens with zero attached hydrogens (tertiary/aromatic N) is 1. The van der Waals surface area contributed by atoms with Crippen LogP contribution in [0.3, 0.4) is 0 Å². The van der Waals surface area contributed by atoms with E-state index in [9.17, 15) is 14.4 Å². The summed E-state index contributed by atoms with van der Waals surface area (Å²) in [5.41, 5.74) is -0.755. The molecular weight excluding hydrogens is 294 g/mol. The van der Waals surface area contributed by atoms with E-state index < -0.39 is 11.6 Å². The Morgan fingerprint density at radius 1 is 1.17 bits per heavy atom. The Morgan fingerprint density at radius 2 is 1.83 bits per heavy atom. The zero-order valence-corrected chi connectivity index (χ0v) is 13.9. The van der Waals surface area contributed by atoms with Crippen molar-refractivity contribution in [2.75, 3.05) is 6.54 Å². The Labute approximate surface area is 137 Å². The molecule has 23 heavy (non-hydrogen) atoms. The number of hydrogen-bond donors (Lipinski definition) is 2. The van der Waals surface area contributed by atoms with Crippen LogP contribution < -0.4 is 10.6 Å². The Balaban J connectivity index is 1.58. The van der Waals surface area contributed by atoms with Crippen LogP contribution in [0.4, 0.5) is 4.79 Å². The van der Waals surface area contributed by atoms with Crippen molar-refractivity contribution in [2.24, 2.45) is 5.92 Å². The minimum Gasteiger partial charge on any atom is -0.352 e. The second-order valence-electron chi connectivity index (χ2n) is 7.49. The van der Waals surface area contributed by atoms with Gasteiger partial charge in [-0.3, -0.25) is 14.5 Å². The molecule has 6 nitrogen and oxygen atoms in total. The molecule has 0 aromatic heterocycles. The molecule has 0 aromatic rings. The molecule has 0 atom stereocenters. The molecule has 0 aromatic carbocycles. The van der Waals surface area contributed by atoms with Crippen LogP contribution in [0.15, 0.2) is 0 Å². The third-order valence-electron chi connectivity index (χ3n) is 5.65. The van der Waals surface area contributed by atoms with Crippen LogP contribution in [0.2, 0.25) is 0 Å². The predicted molar refractivity (Wildman–Crippen MR) is 85.6 cm³/mol. The first-order valence-electron chi connectivity index (χ1n) is 8.94. The van der Waals surface area contributed by atoms with E-state index in [4.69, 9.17) is 0 Å². The molecule has 3 aliphatic rings. The third kappa shape index (κ3) is 3.35. The molecule has 2 saturated carbocycles. The maximum absolute atomic E-state index is 12.7. The number of urea groups is 1. The van der Waals surface area contributed by atoms with Crippen molar-refractivity contribution in [3.8, 4) is 0 Å². The molecule has 0 bridgehead atoms. The van der Waals surface area contributed by atoms with Gasteiger partial charge < -0.3 is 10.6 Å². The van der Waals surface area contributed by atoms with Crippen LogP contribution in [-0.2, 0) is 9.59 Å². The normalized spacial score (nSPS) is 32.2. The molecule has 4 amide bonds. The van der Waals surface area contributed by atoms with Gasteiger partial charge in [0.25, 0.3) is 5.91 Å². The van der Waals surface area contributed by atoms with Gasteiger partial charge in [-0.1, -0.05) is 26.2 Å². The van der Waals surface area contributed by atoms with Gasteiger partial charge >= 0.3 is 6.03 Å². The molecule has 6 heteroatoms. The van der Waals surface area contributed by atoms with Gasteiger partial charge in [0, 0.05) is 6.04 Å². The summed E-state index contributed by atoms with van der Waals surface area (Å²) in [5.74, 6) is 0.156. The Bertz CT molecular complexity index is 491. The largest absolute Gasteiger partial charge is 0.352 e. The van der Waals surface area contributed by atoms with Crippen molar-refractivity contribution in [3.05, 3.63) is 0 Å². The standard InChI is InChI=1S/C17H27N3O3/c1-12-7-9-17(10-8-12)15(22)20(16(23)19-17)11-14(21)18-13-5-3-2-4-6-13/h12-13H,2-11H2,1H3,(H,18,21)(H,19,23). The molecular formula is C17H27N3O3. The quantitative estimate of drug-likeness (QED) is 0.780. The average Bonchev–Trinajstić information content (AvgIpc) is 2.76. The van der Waals surface area contributed by atoms with Crippen molar-refractivity contribution >= 4 is 17.8 Å². The van der Waals surface area contributed by atoms with Crippen molar-refractivity contribution < 1.29 is 14.4 Å². The first-order chi connectivity index (χ1) is 11.0. The fourth-order valence-corrected chi connectivity index (χ4v) is 4.08. The van der Waals surface area contributed by atoms with Crippen LogP contribution in [0, 0.1) is 5.92 Å². The predicted octanol–water partition coefficient (Wildman–Crippen LogP) is 1.94. The number of nitrogens with one attached hydrogen (secondary N) is 2. The van der Waals surface area contributed by atoms with E-state index in [1.165, 1.54) is 6.42 Å². The Morgan fingerprint density at radius 3 is 2.48 bits per heavy atom. The van der Waals surface area contributed by atoms with E-state index in [0.29, 0.717) is 18.8 Å². The smallest absolute Gasteiger partial charge is 0.325 e. The summed E-state index contributed by atoms with van der Waals surface area (Å²) in [6, 6.07) is -0.218. The first-order valence-corrected chi connectivity index (χ1v) is 8.94.